The summed E-state index contributed by atoms with van der Waals surface area (Å²) in [6, 6.07) is -0.244. The third kappa shape index (κ3) is 2.08. The van der Waals surface area contributed by atoms with E-state index in [2.05, 4.69) is 10.3 Å². The number of morpholine rings is 1. The molecule has 0 aromatic carbocycles. The van der Waals surface area contributed by atoms with E-state index in [0.29, 0.717) is 19.0 Å². The normalized spacial score (nSPS) is 21.5. The van der Waals surface area contributed by atoms with E-state index in [9.17, 15) is 4.79 Å². The van der Waals surface area contributed by atoms with Gasteiger partial charge >= 0.3 is 0 Å². The number of rotatable bonds is 3. The summed E-state index contributed by atoms with van der Waals surface area (Å²) in [7, 11) is 0. The van der Waals surface area contributed by atoms with Crippen molar-refractivity contribution in [2.45, 2.75) is 19.5 Å². The van der Waals surface area contributed by atoms with Gasteiger partial charge in [0.1, 0.15) is 0 Å². The molecule has 1 aromatic rings. The minimum Gasteiger partial charge on any atom is -0.378 e. The summed E-state index contributed by atoms with van der Waals surface area (Å²) in [5.41, 5.74) is 0. The summed E-state index contributed by atoms with van der Waals surface area (Å²) in [6.45, 7) is 4.59. The predicted molar refractivity (Wildman–Crippen MR) is 54.8 cm³/mol. The zero-order valence-corrected chi connectivity index (χ0v) is 8.77. The molecule has 0 spiro atoms. The zero-order valence-electron chi connectivity index (χ0n) is 8.77. The molecule has 1 N–H and O–H groups in total. The van der Waals surface area contributed by atoms with E-state index < -0.39 is 0 Å². The number of imidazole rings is 1. The smallest absolute Gasteiger partial charge is 0.217 e. The van der Waals surface area contributed by atoms with Crippen molar-refractivity contribution in [2.24, 2.45) is 0 Å². The van der Waals surface area contributed by atoms with E-state index in [1.807, 2.05) is 17.7 Å². The van der Waals surface area contributed by atoms with Gasteiger partial charge in [0.2, 0.25) is 5.78 Å². The summed E-state index contributed by atoms with van der Waals surface area (Å²) in [4.78, 5) is 16.1. The second-order valence-corrected chi connectivity index (χ2v) is 3.48. The van der Waals surface area contributed by atoms with E-state index in [4.69, 9.17) is 4.74 Å². The fraction of sp³-hybridized carbons (Fsp3) is 0.600. The first-order chi connectivity index (χ1) is 7.33. The van der Waals surface area contributed by atoms with Crippen molar-refractivity contribution in [3.63, 3.8) is 0 Å². The lowest BCUT2D eigenvalue weighted by atomic mass is 10.1. The van der Waals surface area contributed by atoms with Gasteiger partial charge in [-0.25, -0.2) is 4.98 Å². The third-order valence-electron chi connectivity index (χ3n) is 2.51. The van der Waals surface area contributed by atoms with Crippen molar-refractivity contribution in [3.05, 3.63) is 18.2 Å². The number of carbonyl (C=O) groups is 1. The number of nitrogens with one attached hydrogen (secondary N) is 1. The Kier molecular flexibility index (Phi) is 3.13. The largest absolute Gasteiger partial charge is 0.378 e. The van der Waals surface area contributed by atoms with Crippen molar-refractivity contribution >= 4 is 5.78 Å². The Balaban J connectivity index is 2.12. The standard InChI is InChI=1S/C10H15N3O2/c1-2-13-5-3-12-10(13)9(14)8-7-15-6-4-11-8/h3,5,8,11H,2,4,6-7H2,1H3. The molecule has 15 heavy (non-hydrogen) atoms. The van der Waals surface area contributed by atoms with Gasteiger partial charge in [-0.3, -0.25) is 4.79 Å². The average Bonchev–Trinajstić information content (AvgIpc) is 2.77. The molecule has 82 valence electrons. The Morgan fingerprint density at radius 2 is 2.67 bits per heavy atom. The predicted octanol–water partition coefficient (Wildman–Crippen LogP) is 0.0741. The highest BCUT2D eigenvalue weighted by atomic mass is 16.5. The second-order valence-electron chi connectivity index (χ2n) is 3.48. The third-order valence-corrected chi connectivity index (χ3v) is 2.51. The molecule has 1 aromatic heterocycles. The highest BCUT2D eigenvalue weighted by molar-refractivity contribution is 5.97. The van der Waals surface area contributed by atoms with E-state index in [-0.39, 0.29) is 11.8 Å². The molecule has 5 heteroatoms. The summed E-state index contributed by atoms with van der Waals surface area (Å²) in [5.74, 6) is 0.530. The topological polar surface area (TPSA) is 56.2 Å². The number of hydrogen-bond acceptors (Lipinski definition) is 4. The van der Waals surface area contributed by atoms with Gasteiger partial charge in [0, 0.05) is 25.5 Å². The van der Waals surface area contributed by atoms with Crippen molar-refractivity contribution in [1.29, 1.82) is 0 Å². The van der Waals surface area contributed by atoms with Crippen molar-refractivity contribution in [2.75, 3.05) is 19.8 Å². The molecule has 0 radical (unpaired) electrons. The first-order valence-electron chi connectivity index (χ1n) is 5.19. The number of nitrogens with zero attached hydrogens (tertiary/aromatic N) is 2. The van der Waals surface area contributed by atoms with Crippen LogP contribution in [-0.4, -0.2) is 41.1 Å². The van der Waals surface area contributed by atoms with Gasteiger partial charge in [-0.2, -0.15) is 0 Å². The van der Waals surface area contributed by atoms with Gasteiger partial charge in [0.25, 0.3) is 0 Å². The molecule has 1 fully saturated rings. The molecule has 0 bridgehead atoms. The van der Waals surface area contributed by atoms with Crippen molar-refractivity contribution in [3.8, 4) is 0 Å². The maximum atomic E-state index is 12.0. The van der Waals surface area contributed by atoms with Gasteiger partial charge in [-0.1, -0.05) is 0 Å². The fourth-order valence-corrected chi connectivity index (χ4v) is 1.68. The Morgan fingerprint density at radius 1 is 1.80 bits per heavy atom. The zero-order chi connectivity index (χ0) is 10.7. The van der Waals surface area contributed by atoms with Gasteiger partial charge in [-0.15, -0.1) is 0 Å². The minimum absolute atomic E-state index is 0.0153. The Hall–Kier alpha value is -1.20. The maximum Gasteiger partial charge on any atom is 0.217 e. The summed E-state index contributed by atoms with van der Waals surface area (Å²) >= 11 is 0. The van der Waals surface area contributed by atoms with E-state index in [0.717, 1.165) is 13.1 Å². The lowest BCUT2D eigenvalue weighted by Crippen LogP contribution is -2.47. The van der Waals surface area contributed by atoms with Crippen molar-refractivity contribution in [1.82, 2.24) is 14.9 Å². The van der Waals surface area contributed by atoms with Gasteiger partial charge < -0.3 is 14.6 Å². The average molecular weight is 209 g/mol. The monoisotopic (exact) mass is 209 g/mol. The van der Waals surface area contributed by atoms with Crippen LogP contribution in [0.15, 0.2) is 12.4 Å². The van der Waals surface area contributed by atoms with E-state index >= 15 is 0 Å². The van der Waals surface area contributed by atoms with E-state index in [1.54, 1.807) is 6.20 Å². The molecular formula is C10H15N3O2. The highest BCUT2D eigenvalue weighted by Crippen LogP contribution is 2.04. The molecule has 1 unspecified atom stereocenters. The van der Waals surface area contributed by atoms with Crippen LogP contribution in [0.1, 0.15) is 17.5 Å². The molecule has 1 aliphatic rings. The van der Waals surface area contributed by atoms with Gasteiger partial charge in [0.15, 0.2) is 5.82 Å². The Labute approximate surface area is 88.4 Å². The number of carbonyl (C=O) groups excluding carboxylic acids is 1. The molecule has 1 aliphatic heterocycles. The van der Waals surface area contributed by atoms with Crippen LogP contribution in [-0.2, 0) is 11.3 Å². The Bertz CT molecular complexity index is 342. The molecule has 0 aliphatic carbocycles. The fourth-order valence-electron chi connectivity index (χ4n) is 1.68. The molecule has 5 nitrogen and oxygen atoms in total. The SMILES string of the molecule is CCn1ccnc1C(=O)C1COCCN1. The summed E-state index contributed by atoms with van der Waals surface area (Å²) in [6.07, 6.45) is 3.47. The molecule has 0 saturated carbocycles. The van der Waals surface area contributed by atoms with Crippen LogP contribution in [0.5, 0.6) is 0 Å². The van der Waals surface area contributed by atoms with Gasteiger partial charge in [0.05, 0.1) is 19.3 Å². The molecule has 1 saturated heterocycles. The molecule has 1 atom stereocenters. The quantitative estimate of drug-likeness (QED) is 0.716. The number of ether oxygens (including phenoxy) is 1. The van der Waals surface area contributed by atoms with Crippen LogP contribution in [0.3, 0.4) is 0 Å². The van der Waals surface area contributed by atoms with Crippen molar-refractivity contribution < 1.29 is 9.53 Å². The summed E-state index contributed by atoms with van der Waals surface area (Å²) in [5, 5.41) is 3.13. The number of hydrogen-bond donors (Lipinski definition) is 1. The van der Waals surface area contributed by atoms with E-state index in [1.165, 1.54) is 0 Å². The number of aryl methyl sites for hydroxylation is 1. The van der Waals surface area contributed by atoms with Crippen LogP contribution in [0, 0.1) is 0 Å². The van der Waals surface area contributed by atoms with Crippen LogP contribution in [0.2, 0.25) is 0 Å². The lowest BCUT2D eigenvalue weighted by molar-refractivity contribution is 0.0597. The minimum atomic E-state index is -0.244. The highest BCUT2D eigenvalue weighted by Gasteiger charge is 2.25. The summed E-state index contributed by atoms with van der Waals surface area (Å²) < 4.78 is 7.10. The first-order valence-corrected chi connectivity index (χ1v) is 5.19. The first kappa shape index (κ1) is 10.3. The van der Waals surface area contributed by atoms with Crippen LogP contribution in [0.25, 0.3) is 0 Å². The van der Waals surface area contributed by atoms with Crippen LogP contribution >= 0.6 is 0 Å². The number of aromatic nitrogens is 2. The molecule has 2 rings (SSSR count). The lowest BCUT2D eigenvalue weighted by Gasteiger charge is -2.22. The number of ketones is 1. The van der Waals surface area contributed by atoms with Gasteiger partial charge in [-0.05, 0) is 6.92 Å². The van der Waals surface area contributed by atoms with Crippen LogP contribution < -0.4 is 5.32 Å². The molecular weight excluding hydrogens is 194 g/mol. The Morgan fingerprint density at radius 3 is 3.33 bits per heavy atom. The van der Waals surface area contributed by atoms with Crippen LogP contribution in [0.4, 0.5) is 0 Å². The molecule has 0 amide bonds. The number of Topliss-reactive ketones (excluding diaryl/α,β-unsaturated/α-hetero) is 1. The molecule has 2 heterocycles. The maximum absolute atomic E-state index is 12.0. The second kappa shape index (κ2) is 4.55.